The van der Waals surface area contributed by atoms with E-state index in [1.165, 1.54) is 17.3 Å². The molecule has 3 aromatic carbocycles. The monoisotopic (exact) mass is 454 g/mol. The summed E-state index contributed by atoms with van der Waals surface area (Å²) in [4.78, 5) is 30.9. The minimum absolute atomic E-state index is 0.174. The van der Waals surface area contributed by atoms with Gasteiger partial charge in [-0.25, -0.2) is 4.98 Å². The first-order valence-corrected chi connectivity index (χ1v) is 11.5. The maximum absolute atomic E-state index is 13.4. The highest BCUT2D eigenvalue weighted by atomic mass is 32.2. The number of rotatable bonds is 6. The van der Waals surface area contributed by atoms with Crippen LogP contribution in [0.4, 0.5) is 5.69 Å². The van der Waals surface area contributed by atoms with Crippen LogP contribution >= 0.6 is 11.8 Å². The van der Waals surface area contributed by atoms with Gasteiger partial charge in [-0.1, -0.05) is 43.0 Å². The number of para-hydroxylation sites is 1. The van der Waals surface area contributed by atoms with Gasteiger partial charge >= 0.3 is 0 Å². The summed E-state index contributed by atoms with van der Waals surface area (Å²) in [6.45, 7) is 3.85. The summed E-state index contributed by atoms with van der Waals surface area (Å²) in [5.41, 5.74) is 3.42. The zero-order chi connectivity index (χ0) is 23.4. The molecule has 7 heteroatoms. The van der Waals surface area contributed by atoms with E-state index in [1.54, 1.807) is 47.9 Å². The lowest BCUT2D eigenvalue weighted by Crippen LogP contribution is -2.26. The van der Waals surface area contributed by atoms with Gasteiger partial charge in [-0.05, 0) is 67.4 Å². The SMILES string of the molecule is CCc1ccc(-n2c(SC(C)C(=O)Nc3ccc(C#N)cc3)nc3ccccc3c2=O)cc1. The van der Waals surface area contributed by atoms with E-state index >= 15 is 0 Å². The number of aryl methyl sites for hydroxylation is 1. The van der Waals surface area contributed by atoms with Gasteiger partial charge in [0.25, 0.3) is 5.56 Å². The minimum Gasteiger partial charge on any atom is -0.325 e. The van der Waals surface area contributed by atoms with Crippen molar-refractivity contribution in [3.8, 4) is 11.8 Å². The van der Waals surface area contributed by atoms with Crippen molar-refractivity contribution in [3.63, 3.8) is 0 Å². The number of thioether (sulfide) groups is 1. The molecule has 1 atom stereocenters. The molecule has 4 rings (SSSR count). The minimum atomic E-state index is -0.519. The second kappa shape index (κ2) is 9.72. The van der Waals surface area contributed by atoms with E-state index in [2.05, 4.69) is 18.3 Å². The topological polar surface area (TPSA) is 87.8 Å². The van der Waals surface area contributed by atoms with Crippen LogP contribution in [-0.2, 0) is 11.2 Å². The van der Waals surface area contributed by atoms with Gasteiger partial charge in [-0.15, -0.1) is 0 Å². The largest absolute Gasteiger partial charge is 0.325 e. The molecule has 1 amide bonds. The first kappa shape index (κ1) is 22.3. The van der Waals surface area contributed by atoms with Gasteiger partial charge in [0.1, 0.15) is 0 Å². The highest BCUT2D eigenvalue weighted by Gasteiger charge is 2.20. The van der Waals surface area contributed by atoms with Crippen LogP contribution in [0.3, 0.4) is 0 Å². The second-order valence-corrected chi connectivity index (χ2v) is 8.82. The number of nitrogens with one attached hydrogen (secondary N) is 1. The molecule has 33 heavy (non-hydrogen) atoms. The van der Waals surface area contributed by atoms with E-state index in [0.717, 1.165) is 6.42 Å². The van der Waals surface area contributed by atoms with Gasteiger partial charge < -0.3 is 5.32 Å². The second-order valence-electron chi connectivity index (χ2n) is 7.51. The van der Waals surface area contributed by atoms with Gasteiger partial charge in [-0.2, -0.15) is 5.26 Å². The molecule has 1 unspecified atom stereocenters. The van der Waals surface area contributed by atoms with Gasteiger partial charge in [0.05, 0.1) is 33.5 Å². The molecule has 0 radical (unpaired) electrons. The lowest BCUT2D eigenvalue weighted by molar-refractivity contribution is -0.115. The van der Waals surface area contributed by atoms with E-state index in [0.29, 0.717) is 33.0 Å². The quantitative estimate of drug-likeness (QED) is 0.329. The highest BCUT2D eigenvalue weighted by Crippen LogP contribution is 2.26. The molecular formula is C26H22N4O2S. The third-order valence-electron chi connectivity index (χ3n) is 5.28. The highest BCUT2D eigenvalue weighted by molar-refractivity contribution is 8.00. The van der Waals surface area contributed by atoms with Crippen molar-refractivity contribution in [2.75, 3.05) is 5.32 Å². The Hall–Kier alpha value is -3.89. The number of nitrogens with zero attached hydrogens (tertiary/aromatic N) is 3. The Labute approximate surface area is 195 Å². The van der Waals surface area contributed by atoms with Crippen LogP contribution in [0.5, 0.6) is 0 Å². The Morgan fingerprint density at radius 3 is 2.45 bits per heavy atom. The molecule has 1 aromatic heterocycles. The Bertz CT molecular complexity index is 1400. The average Bonchev–Trinajstić information content (AvgIpc) is 2.85. The number of carbonyl (C=O) groups excluding carboxylic acids is 1. The van der Waals surface area contributed by atoms with Crippen LogP contribution in [-0.4, -0.2) is 20.7 Å². The molecule has 0 aliphatic carbocycles. The molecule has 0 aliphatic heterocycles. The molecule has 1 N–H and O–H groups in total. The van der Waals surface area contributed by atoms with Crippen molar-refractivity contribution in [1.29, 1.82) is 5.26 Å². The maximum Gasteiger partial charge on any atom is 0.266 e. The number of anilines is 1. The molecule has 0 spiro atoms. The van der Waals surface area contributed by atoms with Gasteiger partial charge in [-0.3, -0.25) is 14.2 Å². The first-order valence-electron chi connectivity index (χ1n) is 10.6. The molecule has 4 aromatic rings. The number of aromatic nitrogens is 2. The van der Waals surface area contributed by atoms with Gasteiger partial charge in [0.15, 0.2) is 5.16 Å². The number of hydrogen-bond donors (Lipinski definition) is 1. The summed E-state index contributed by atoms with van der Waals surface area (Å²) < 4.78 is 1.57. The van der Waals surface area contributed by atoms with Crippen molar-refractivity contribution < 1.29 is 4.79 Å². The first-order chi connectivity index (χ1) is 16.0. The summed E-state index contributed by atoms with van der Waals surface area (Å²) in [5.74, 6) is -0.222. The Morgan fingerprint density at radius 2 is 1.79 bits per heavy atom. The summed E-state index contributed by atoms with van der Waals surface area (Å²) in [7, 11) is 0. The van der Waals surface area contributed by atoms with Crippen molar-refractivity contribution in [2.45, 2.75) is 30.7 Å². The van der Waals surface area contributed by atoms with Crippen LogP contribution < -0.4 is 10.9 Å². The molecule has 0 saturated carbocycles. The van der Waals surface area contributed by atoms with E-state index in [1.807, 2.05) is 36.4 Å². The van der Waals surface area contributed by atoms with Gasteiger partial charge in [0, 0.05) is 5.69 Å². The van der Waals surface area contributed by atoms with Crippen LogP contribution in [0.2, 0.25) is 0 Å². The lowest BCUT2D eigenvalue weighted by Gasteiger charge is -2.17. The molecule has 0 bridgehead atoms. The smallest absolute Gasteiger partial charge is 0.266 e. The lowest BCUT2D eigenvalue weighted by atomic mass is 10.1. The van der Waals surface area contributed by atoms with E-state index in [4.69, 9.17) is 10.2 Å². The Balaban J connectivity index is 1.68. The van der Waals surface area contributed by atoms with Crippen LogP contribution in [0.25, 0.3) is 16.6 Å². The number of fused-ring (bicyclic) bond motifs is 1. The fraction of sp³-hybridized carbons (Fsp3) is 0.154. The molecule has 0 saturated heterocycles. The average molecular weight is 455 g/mol. The summed E-state index contributed by atoms with van der Waals surface area (Å²) in [6, 6.07) is 23.7. The normalized spacial score (nSPS) is 11.7. The van der Waals surface area contributed by atoms with Crippen LogP contribution in [0, 0.1) is 11.3 Å². The van der Waals surface area contributed by atoms with Crippen molar-refractivity contribution >= 4 is 34.3 Å². The molecule has 164 valence electrons. The predicted octanol–water partition coefficient (Wildman–Crippen LogP) is 4.94. The number of hydrogen-bond acceptors (Lipinski definition) is 5. The zero-order valence-electron chi connectivity index (χ0n) is 18.3. The van der Waals surface area contributed by atoms with Crippen molar-refractivity contribution in [2.24, 2.45) is 0 Å². The van der Waals surface area contributed by atoms with Crippen LogP contribution in [0.15, 0.2) is 82.7 Å². The third-order valence-corrected chi connectivity index (χ3v) is 6.33. The number of benzene rings is 3. The summed E-state index contributed by atoms with van der Waals surface area (Å²) >= 11 is 1.23. The summed E-state index contributed by atoms with van der Waals surface area (Å²) in [5, 5.41) is 12.2. The Morgan fingerprint density at radius 1 is 1.09 bits per heavy atom. The molecule has 0 aliphatic rings. The van der Waals surface area contributed by atoms with Gasteiger partial charge in [0.2, 0.25) is 5.91 Å². The van der Waals surface area contributed by atoms with E-state index in [-0.39, 0.29) is 11.5 Å². The summed E-state index contributed by atoms with van der Waals surface area (Å²) in [6.07, 6.45) is 0.902. The maximum atomic E-state index is 13.4. The number of carbonyl (C=O) groups is 1. The molecule has 0 fully saturated rings. The van der Waals surface area contributed by atoms with Crippen LogP contribution in [0.1, 0.15) is 25.0 Å². The van der Waals surface area contributed by atoms with E-state index < -0.39 is 5.25 Å². The fourth-order valence-electron chi connectivity index (χ4n) is 3.38. The molecular weight excluding hydrogens is 432 g/mol. The molecule has 6 nitrogen and oxygen atoms in total. The zero-order valence-corrected chi connectivity index (χ0v) is 19.1. The van der Waals surface area contributed by atoms with E-state index in [9.17, 15) is 9.59 Å². The number of amides is 1. The van der Waals surface area contributed by atoms with Crippen molar-refractivity contribution in [3.05, 3.63) is 94.3 Å². The van der Waals surface area contributed by atoms with Crippen molar-refractivity contribution in [1.82, 2.24) is 9.55 Å². The third kappa shape index (κ3) is 4.81. The standard InChI is InChI=1S/C26H22N4O2S/c1-3-18-10-14-21(15-11-18)30-25(32)22-6-4-5-7-23(22)29-26(30)33-17(2)24(31)28-20-12-8-19(16-27)9-13-20/h4-15,17H,3H2,1-2H3,(H,28,31). The molecule has 1 heterocycles. The predicted molar refractivity (Wildman–Crippen MR) is 132 cm³/mol. The number of nitriles is 1. The Kier molecular flexibility index (Phi) is 6.57. The fourth-order valence-corrected chi connectivity index (χ4v) is 4.31.